The van der Waals surface area contributed by atoms with E-state index in [1.54, 1.807) is 13.2 Å². The molecule has 124 valence electrons. The summed E-state index contributed by atoms with van der Waals surface area (Å²) < 4.78 is 11.1. The molecule has 0 amide bonds. The predicted octanol–water partition coefficient (Wildman–Crippen LogP) is 2.39. The maximum atomic E-state index is 5.72. The molecule has 0 saturated heterocycles. The summed E-state index contributed by atoms with van der Waals surface area (Å²) in [4.78, 5) is 0. The van der Waals surface area contributed by atoms with Gasteiger partial charge in [0.05, 0.1) is 13.3 Å². The Morgan fingerprint density at radius 2 is 1.83 bits per heavy atom. The van der Waals surface area contributed by atoms with Crippen molar-refractivity contribution >= 4 is 18.3 Å². The summed E-state index contributed by atoms with van der Waals surface area (Å²) in [6.07, 6.45) is 5.48. The van der Waals surface area contributed by atoms with Crippen LogP contribution in [-0.4, -0.2) is 25.9 Å². The minimum atomic E-state index is -0.0941. The van der Waals surface area contributed by atoms with E-state index < -0.39 is 0 Å². The quantitative estimate of drug-likeness (QED) is 0.464. The Balaban J connectivity index is 1.98. The van der Waals surface area contributed by atoms with E-state index in [1.165, 1.54) is 6.21 Å². The number of ether oxygens (including phenoxy) is 2. The van der Waals surface area contributed by atoms with Crippen LogP contribution < -0.4 is 20.9 Å². The topological polar surface area (TPSA) is 95.2 Å². The number of nitrogens with zero attached hydrogens (tertiary/aromatic N) is 2. The molecule has 6 nitrogen and oxygen atoms in total. The van der Waals surface area contributed by atoms with E-state index in [4.69, 9.17) is 20.9 Å². The minimum Gasteiger partial charge on any atom is -0.493 e. The van der Waals surface area contributed by atoms with E-state index in [-0.39, 0.29) is 5.96 Å². The van der Waals surface area contributed by atoms with Crippen LogP contribution in [0.4, 0.5) is 0 Å². The average Bonchev–Trinajstić information content (AvgIpc) is 2.60. The molecule has 0 aliphatic rings. The van der Waals surface area contributed by atoms with E-state index in [2.05, 4.69) is 10.2 Å². The summed E-state index contributed by atoms with van der Waals surface area (Å²) in [6.45, 7) is 0.437. The summed E-state index contributed by atoms with van der Waals surface area (Å²) >= 11 is 0. The number of methoxy groups -OCH3 is 1. The number of guanidine groups is 1. The number of benzene rings is 2. The molecule has 2 aromatic rings. The van der Waals surface area contributed by atoms with Gasteiger partial charge in [0.25, 0.3) is 0 Å². The lowest BCUT2D eigenvalue weighted by atomic mass is 10.2. The smallest absolute Gasteiger partial charge is 0.211 e. The zero-order valence-electron chi connectivity index (χ0n) is 13.4. The molecule has 0 radical (unpaired) electrons. The van der Waals surface area contributed by atoms with Crippen molar-refractivity contribution in [2.24, 2.45) is 21.7 Å². The van der Waals surface area contributed by atoms with Gasteiger partial charge in [-0.05, 0) is 35.4 Å². The summed E-state index contributed by atoms with van der Waals surface area (Å²) in [5.74, 6) is 1.16. The van der Waals surface area contributed by atoms with Gasteiger partial charge in [0.1, 0.15) is 6.61 Å². The van der Waals surface area contributed by atoms with Crippen LogP contribution in [0.25, 0.3) is 6.08 Å². The van der Waals surface area contributed by atoms with Crippen LogP contribution >= 0.6 is 0 Å². The highest BCUT2D eigenvalue weighted by Crippen LogP contribution is 2.27. The van der Waals surface area contributed by atoms with Crippen molar-refractivity contribution in [1.29, 1.82) is 0 Å². The van der Waals surface area contributed by atoms with Gasteiger partial charge < -0.3 is 20.9 Å². The number of hydrogen-bond donors (Lipinski definition) is 2. The molecule has 0 atom stereocenters. The van der Waals surface area contributed by atoms with Crippen molar-refractivity contribution in [2.75, 3.05) is 13.7 Å². The zero-order chi connectivity index (χ0) is 17.2. The number of hydrogen-bond acceptors (Lipinski definition) is 4. The number of nitrogens with two attached hydrogens (primary N) is 2. The predicted molar refractivity (Wildman–Crippen MR) is 97.4 cm³/mol. The molecule has 0 fully saturated rings. The first-order valence-electron chi connectivity index (χ1n) is 7.33. The fraction of sp³-hybridized carbons (Fsp3) is 0.111. The molecule has 0 aromatic heterocycles. The van der Waals surface area contributed by atoms with Gasteiger partial charge in [-0.3, -0.25) is 0 Å². The second-order valence-electron chi connectivity index (χ2n) is 4.80. The Hall–Kier alpha value is -3.28. The SMILES string of the molecule is COc1cc(C=NN=C(N)N)ccc1OCC=Cc1ccccc1. The van der Waals surface area contributed by atoms with E-state index >= 15 is 0 Å². The van der Waals surface area contributed by atoms with Crippen LogP contribution in [0.15, 0.2) is 64.8 Å². The molecule has 0 aliphatic carbocycles. The van der Waals surface area contributed by atoms with E-state index in [9.17, 15) is 0 Å². The van der Waals surface area contributed by atoms with Crippen LogP contribution in [0, 0.1) is 0 Å². The largest absolute Gasteiger partial charge is 0.493 e. The molecule has 0 heterocycles. The lowest BCUT2D eigenvalue weighted by molar-refractivity contribution is 0.326. The molecule has 2 rings (SSSR count). The van der Waals surface area contributed by atoms with Crippen LogP contribution in [-0.2, 0) is 0 Å². The fourth-order valence-corrected chi connectivity index (χ4v) is 1.93. The van der Waals surface area contributed by atoms with Gasteiger partial charge in [-0.25, -0.2) is 0 Å². The lowest BCUT2D eigenvalue weighted by Crippen LogP contribution is -2.21. The maximum Gasteiger partial charge on any atom is 0.211 e. The highest BCUT2D eigenvalue weighted by molar-refractivity contribution is 5.82. The van der Waals surface area contributed by atoms with E-state index in [0.29, 0.717) is 18.1 Å². The second-order valence-corrected chi connectivity index (χ2v) is 4.80. The molecular weight excluding hydrogens is 304 g/mol. The first kappa shape index (κ1) is 17.1. The Morgan fingerprint density at radius 3 is 2.54 bits per heavy atom. The second kappa shape index (κ2) is 8.99. The van der Waals surface area contributed by atoms with Crippen molar-refractivity contribution in [3.8, 4) is 11.5 Å². The standard InChI is InChI=1S/C18H20N4O2/c1-23-17-12-15(13-21-22-18(19)20)9-10-16(17)24-11-5-8-14-6-3-2-4-7-14/h2-10,12-13H,11H2,1H3,(H4,19,20,22). The van der Waals surface area contributed by atoms with Gasteiger partial charge in [-0.15, -0.1) is 5.10 Å². The van der Waals surface area contributed by atoms with E-state index in [0.717, 1.165) is 11.1 Å². The molecule has 2 aromatic carbocycles. The monoisotopic (exact) mass is 324 g/mol. The molecule has 0 spiro atoms. The highest BCUT2D eigenvalue weighted by Gasteiger charge is 2.04. The summed E-state index contributed by atoms with van der Waals surface area (Å²) in [6, 6.07) is 15.5. The lowest BCUT2D eigenvalue weighted by Gasteiger charge is -2.09. The number of rotatable bonds is 7. The molecular formula is C18H20N4O2. The van der Waals surface area contributed by atoms with Gasteiger partial charge in [0.2, 0.25) is 5.96 Å². The van der Waals surface area contributed by atoms with Gasteiger partial charge in [-0.2, -0.15) is 5.10 Å². The highest BCUT2D eigenvalue weighted by atomic mass is 16.5. The third-order valence-electron chi connectivity index (χ3n) is 3.01. The first-order chi connectivity index (χ1) is 11.7. The fourth-order valence-electron chi connectivity index (χ4n) is 1.93. The third kappa shape index (κ3) is 5.49. The first-order valence-corrected chi connectivity index (χ1v) is 7.33. The molecule has 6 heteroatoms. The Labute approximate surface area is 141 Å². The normalized spacial score (nSPS) is 10.9. The summed E-state index contributed by atoms with van der Waals surface area (Å²) in [5.41, 5.74) is 12.3. The van der Waals surface area contributed by atoms with Crippen molar-refractivity contribution in [3.05, 3.63) is 65.7 Å². The van der Waals surface area contributed by atoms with Gasteiger partial charge in [0.15, 0.2) is 11.5 Å². The Morgan fingerprint density at radius 1 is 1.04 bits per heavy atom. The summed E-state index contributed by atoms with van der Waals surface area (Å²) in [5, 5.41) is 7.31. The Bertz CT molecular complexity index is 736. The van der Waals surface area contributed by atoms with Crippen LogP contribution in [0.5, 0.6) is 11.5 Å². The van der Waals surface area contributed by atoms with E-state index in [1.807, 2.05) is 54.6 Å². The molecule has 0 aliphatic heterocycles. The van der Waals surface area contributed by atoms with Crippen molar-refractivity contribution in [3.63, 3.8) is 0 Å². The molecule has 0 bridgehead atoms. The maximum absolute atomic E-state index is 5.72. The van der Waals surface area contributed by atoms with Gasteiger partial charge in [0, 0.05) is 0 Å². The van der Waals surface area contributed by atoms with Crippen molar-refractivity contribution in [1.82, 2.24) is 0 Å². The van der Waals surface area contributed by atoms with Crippen LogP contribution in [0.3, 0.4) is 0 Å². The summed E-state index contributed by atoms with van der Waals surface area (Å²) in [7, 11) is 1.58. The van der Waals surface area contributed by atoms with Crippen molar-refractivity contribution < 1.29 is 9.47 Å². The molecule has 0 saturated carbocycles. The van der Waals surface area contributed by atoms with Crippen molar-refractivity contribution in [2.45, 2.75) is 0 Å². The van der Waals surface area contributed by atoms with Gasteiger partial charge >= 0.3 is 0 Å². The third-order valence-corrected chi connectivity index (χ3v) is 3.01. The average molecular weight is 324 g/mol. The zero-order valence-corrected chi connectivity index (χ0v) is 13.4. The Kier molecular flexibility index (Phi) is 6.40. The minimum absolute atomic E-state index is 0.0941. The molecule has 4 N–H and O–H groups in total. The van der Waals surface area contributed by atoms with Crippen LogP contribution in [0.1, 0.15) is 11.1 Å². The molecule has 0 unspecified atom stereocenters. The van der Waals surface area contributed by atoms with Crippen LogP contribution in [0.2, 0.25) is 0 Å². The van der Waals surface area contributed by atoms with Gasteiger partial charge in [-0.1, -0.05) is 36.4 Å². The molecule has 24 heavy (non-hydrogen) atoms.